The normalized spacial score (nSPS) is 7.00. The van der Waals surface area contributed by atoms with Gasteiger partial charge in [0.1, 0.15) is 5.75 Å². The van der Waals surface area contributed by atoms with E-state index in [9.17, 15) is 0 Å². The molecule has 0 radical (unpaired) electrons. The maximum absolute atomic E-state index is 8.30. The summed E-state index contributed by atoms with van der Waals surface area (Å²) in [5, 5.41) is 8.30. The predicted octanol–water partition coefficient (Wildman–Crippen LogP) is -0.973. The SMILES string of the molecule is OBOc1ccccc1.[NaH].[NaH]. The average Bonchev–Trinajstić information content (AvgIpc) is 1.91. The van der Waals surface area contributed by atoms with Crippen molar-refractivity contribution in [3.05, 3.63) is 30.3 Å². The van der Waals surface area contributed by atoms with E-state index in [1.54, 1.807) is 12.1 Å². The van der Waals surface area contributed by atoms with E-state index >= 15 is 0 Å². The van der Waals surface area contributed by atoms with Gasteiger partial charge in [-0.25, -0.2) is 0 Å². The van der Waals surface area contributed by atoms with Crippen molar-refractivity contribution in [2.75, 3.05) is 0 Å². The van der Waals surface area contributed by atoms with E-state index in [0.717, 1.165) is 0 Å². The van der Waals surface area contributed by atoms with Gasteiger partial charge in [-0.3, -0.25) is 0 Å². The van der Waals surface area contributed by atoms with E-state index in [1.165, 1.54) is 0 Å². The van der Waals surface area contributed by atoms with Gasteiger partial charge in [0.05, 0.1) is 0 Å². The first kappa shape index (κ1) is 14.6. The Hall–Kier alpha value is 1.04. The number of hydrogen-bond donors (Lipinski definition) is 1. The molecule has 0 spiro atoms. The molecule has 0 aliphatic heterocycles. The van der Waals surface area contributed by atoms with Crippen LogP contribution in [-0.2, 0) is 0 Å². The molecular weight excluding hydrogens is 161 g/mol. The van der Waals surface area contributed by atoms with E-state index in [0.29, 0.717) is 5.75 Å². The minimum atomic E-state index is -0.260. The Labute approximate surface area is 111 Å². The van der Waals surface area contributed by atoms with Crippen LogP contribution >= 0.6 is 0 Å². The van der Waals surface area contributed by atoms with E-state index in [-0.39, 0.29) is 66.8 Å². The summed E-state index contributed by atoms with van der Waals surface area (Å²) in [5.41, 5.74) is 0. The second-order valence-corrected chi connectivity index (χ2v) is 1.59. The van der Waals surface area contributed by atoms with Gasteiger partial charge in [0.15, 0.2) is 0 Å². The quantitative estimate of drug-likeness (QED) is 0.578. The molecule has 0 fully saturated rings. The zero-order valence-corrected chi connectivity index (χ0v) is 4.95. The second kappa shape index (κ2) is 9.14. The molecule has 0 atom stereocenters. The molecule has 0 aliphatic carbocycles. The van der Waals surface area contributed by atoms with Crippen LogP contribution in [0.15, 0.2) is 30.3 Å². The molecule has 2 nitrogen and oxygen atoms in total. The molecule has 1 N–H and O–H groups in total. The fourth-order valence-corrected chi connectivity index (χ4v) is 0.591. The molecule has 0 heterocycles. The molecule has 50 valence electrons. The molecule has 0 bridgehead atoms. The number of rotatable bonds is 2. The maximum atomic E-state index is 8.30. The molecule has 1 rings (SSSR count). The summed E-state index contributed by atoms with van der Waals surface area (Å²) in [6.45, 7) is 0. The molecule has 0 saturated carbocycles. The van der Waals surface area contributed by atoms with Gasteiger partial charge in [0, 0.05) is 0 Å². The summed E-state index contributed by atoms with van der Waals surface area (Å²) in [4.78, 5) is 0. The number of para-hydroxylation sites is 1. The van der Waals surface area contributed by atoms with Crippen molar-refractivity contribution in [1.82, 2.24) is 0 Å². The van der Waals surface area contributed by atoms with E-state index in [1.807, 2.05) is 18.2 Å². The van der Waals surface area contributed by atoms with Gasteiger partial charge in [0.2, 0.25) is 0 Å². The Kier molecular flexibility index (Phi) is 12.1. The fourth-order valence-electron chi connectivity index (χ4n) is 0.591. The van der Waals surface area contributed by atoms with Crippen LogP contribution in [0.1, 0.15) is 0 Å². The van der Waals surface area contributed by atoms with Crippen LogP contribution in [-0.4, -0.2) is 71.8 Å². The molecule has 5 heteroatoms. The molecule has 0 amide bonds. The van der Waals surface area contributed by atoms with E-state index < -0.39 is 0 Å². The fraction of sp³-hybridized carbons (Fsp3) is 0. The third-order valence-electron chi connectivity index (χ3n) is 0.974. The van der Waals surface area contributed by atoms with Crippen LogP contribution in [0.4, 0.5) is 0 Å². The summed E-state index contributed by atoms with van der Waals surface area (Å²) >= 11 is 0. The minimum absolute atomic E-state index is 0. The van der Waals surface area contributed by atoms with Crippen LogP contribution in [0.25, 0.3) is 0 Å². The van der Waals surface area contributed by atoms with Gasteiger partial charge in [-0.15, -0.1) is 0 Å². The zero-order valence-electron chi connectivity index (χ0n) is 4.95. The van der Waals surface area contributed by atoms with Gasteiger partial charge < -0.3 is 9.68 Å². The number of hydrogen-bond acceptors (Lipinski definition) is 2. The van der Waals surface area contributed by atoms with Crippen molar-refractivity contribution >= 4 is 66.8 Å². The van der Waals surface area contributed by atoms with E-state index in [4.69, 9.17) is 9.68 Å². The number of benzene rings is 1. The van der Waals surface area contributed by atoms with Crippen molar-refractivity contribution in [3.63, 3.8) is 0 Å². The first-order valence-electron chi connectivity index (χ1n) is 2.72. The van der Waals surface area contributed by atoms with Crippen LogP contribution < -0.4 is 4.65 Å². The van der Waals surface area contributed by atoms with Crippen molar-refractivity contribution in [2.24, 2.45) is 0 Å². The molecule has 0 unspecified atom stereocenters. The molecule has 0 aliphatic rings. The molecule has 1 aromatic carbocycles. The van der Waals surface area contributed by atoms with Gasteiger partial charge in [-0.1, -0.05) is 18.2 Å². The van der Waals surface area contributed by atoms with Crippen LogP contribution in [0.2, 0.25) is 0 Å². The topological polar surface area (TPSA) is 29.5 Å². The predicted molar refractivity (Wildman–Crippen MR) is 50.7 cm³/mol. The Morgan fingerprint density at radius 3 is 2.09 bits per heavy atom. The van der Waals surface area contributed by atoms with Crippen molar-refractivity contribution in [3.8, 4) is 5.75 Å². The Bertz CT molecular complexity index is 171. The summed E-state index contributed by atoms with van der Waals surface area (Å²) in [6.07, 6.45) is 0. The molecular formula is C6H9BNa2O2. The van der Waals surface area contributed by atoms with Crippen molar-refractivity contribution < 1.29 is 9.68 Å². The second-order valence-electron chi connectivity index (χ2n) is 1.59. The van der Waals surface area contributed by atoms with Gasteiger partial charge >= 0.3 is 66.8 Å². The summed E-state index contributed by atoms with van der Waals surface area (Å²) < 4.78 is 4.76. The van der Waals surface area contributed by atoms with Crippen LogP contribution in [0.3, 0.4) is 0 Å². The van der Waals surface area contributed by atoms with Gasteiger partial charge in [0.25, 0.3) is 0 Å². The summed E-state index contributed by atoms with van der Waals surface area (Å²) in [6, 6.07) is 9.17. The first-order valence-corrected chi connectivity index (χ1v) is 2.72. The van der Waals surface area contributed by atoms with Gasteiger partial charge in [-0.2, -0.15) is 0 Å². The van der Waals surface area contributed by atoms with Crippen molar-refractivity contribution in [1.29, 1.82) is 0 Å². The van der Waals surface area contributed by atoms with E-state index in [2.05, 4.69) is 0 Å². The molecule has 0 saturated heterocycles. The third kappa shape index (κ3) is 6.23. The monoisotopic (exact) mass is 170 g/mol. The molecule has 1 aromatic rings. The molecule has 11 heavy (non-hydrogen) atoms. The summed E-state index contributed by atoms with van der Waals surface area (Å²) in [7, 11) is -0.260. The third-order valence-corrected chi connectivity index (χ3v) is 0.974. The zero-order chi connectivity index (χ0) is 6.53. The Balaban J connectivity index is 0. The van der Waals surface area contributed by atoms with Crippen LogP contribution in [0.5, 0.6) is 5.75 Å². The van der Waals surface area contributed by atoms with Crippen molar-refractivity contribution in [2.45, 2.75) is 0 Å². The van der Waals surface area contributed by atoms with Gasteiger partial charge in [-0.05, 0) is 12.1 Å². The first-order chi connectivity index (χ1) is 4.43. The Morgan fingerprint density at radius 2 is 1.64 bits per heavy atom. The standard InChI is InChI=1S/C6H7BO2.2Na.2H/c8-7-9-6-4-2-1-3-5-6;;;;/h1-5,7-8H;;;;. The van der Waals surface area contributed by atoms with Crippen LogP contribution in [0, 0.1) is 0 Å². The Morgan fingerprint density at radius 1 is 1.09 bits per heavy atom. The average molecular weight is 170 g/mol. The summed E-state index contributed by atoms with van der Waals surface area (Å²) in [5.74, 6) is 0.694. The molecule has 0 aromatic heterocycles.